The van der Waals surface area contributed by atoms with Gasteiger partial charge in [-0.2, -0.15) is 0 Å². The summed E-state index contributed by atoms with van der Waals surface area (Å²) >= 11 is 0. The fourth-order valence-electron chi connectivity index (χ4n) is 6.14. The fourth-order valence-corrected chi connectivity index (χ4v) is 7.11. The van der Waals surface area contributed by atoms with Crippen LogP contribution >= 0.6 is 7.82 Å². The number of carbonyl (C=O) groups excluding carboxylic acids is 2. The van der Waals surface area contributed by atoms with Crippen LogP contribution in [0.15, 0.2) is 85.1 Å². The van der Waals surface area contributed by atoms with Crippen LogP contribution in [0.5, 0.6) is 0 Å². The molecule has 0 bridgehead atoms. The first-order valence-corrected chi connectivity index (χ1v) is 23.9. The van der Waals surface area contributed by atoms with Crippen molar-refractivity contribution in [2.75, 3.05) is 13.2 Å². The van der Waals surface area contributed by atoms with Crippen molar-refractivity contribution in [1.29, 1.82) is 0 Å². The first-order chi connectivity index (χ1) is 29.4. The Balaban J connectivity index is 2.54. The quantitative estimate of drug-likeness (QED) is 0.0116. The van der Waals surface area contributed by atoms with Gasteiger partial charge < -0.3 is 39.9 Å². The van der Waals surface area contributed by atoms with E-state index in [-0.39, 0.29) is 12.8 Å². The first kappa shape index (κ1) is 56.0. The summed E-state index contributed by atoms with van der Waals surface area (Å²) in [4.78, 5) is 35.6. The topological polar surface area (TPSA) is 210 Å². The van der Waals surface area contributed by atoms with Crippen LogP contribution in [0.2, 0.25) is 0 Å². The van der Waals surface area contributed by atoms with E-state index in [0.29, 0.717) is 19.3 Å². The molecule has 348 valence electrons. The number of aliphatic hydroxyl groups is 5. The number of aliphatic hydroxyl groups excluding tert-OH is 5. The molecule has 1 aliphatic carbocycles. The highest BCUT2D eigenvalue weighted by atomic mass is 31.2. The highest BCUT2D eigenvalue weighted by Gasteiger charge is 2.51. The van der Waals surface area contributed by atoms with Gasteiger partial charge in [-0.25, -0.2) is 4.57 Å². The molecule has 1 rings (SSSR count). The van der Waals surface area contributed by atoms with Gasteiger partial charge in [-0.1, -0.05) is 137 Å². The molecule has 0 radical (unpaired) electrons. The number of unbranched alkanes of at least 4 members (excludes halogenated alkanes) is 10. The summed E-state index contributed by atoms with van der Waals surface area (Å²) in [6.07, 6.45) is 33.6. The summed E-state index contributed by atoms with van der Waals surface area (Å²) in [5.41, 5.74) is 0. The van der Waals surface area contributed by atoms with Gasteiger partial charge in [0.15, 0.2) is 6.10 Å². The van der Waals surface area contributed by atoms with Crippen molar-refractivity contribution < 1.29 is 63.1 Å². The number of phosphoric ester groups is 1. The van der Waals surface area contributed by atoms with Crippen molar-refractivity contribution in [2.24, 2.45) is 0 Å². The molecule has 0 heterocycles. The molecule has 0 saturated heterocycles. The normalized spacial score (nSPS) is 22.8. The average Bonchev–Trinajstić information content (AvgIpc) is 3.24. The second-order valence-electron chi connectivity index (χ2n) is 15.2. The third kappa shape index (κ3) is 29.1. The zero-order valence-electron chi connectivity index (χ0n) is 36.7. The molecular weight excluding hydrogens is 803 g/mol. The molecule has 0 aliphatic heterocycles. The van der Waals surface area contributed by atoms with Crippen LogP contribution in [0.4, 0.5) is 0 Å². The Labute approximate surface area is 365 Å². The van der Waals surface area contributed by atoms with E-state index in [0.717, 1.165) is 70.6 Å². The van der Waals surface area contributed by atoms with E-state index in [1.54, 1.807) is 0 Å². The zero-order chi connectivity index (χ0) is 45.0. The van der Waals surface area contributed by atoms with Crippen molar-refractivity contribution in [1.82, 2.24) is 0 Å². The van der Waals surface area contributed by atoms with Crippen LogP contribution in [0.1, 0.15) is 142 Å². The summed E-state index contributed by atoms with van der Waals surface area (Å²) in [6.45, 7) is 3.08. The second-order valence-corrected chi connectivity index (χ2v) is 16.6. The molecule has 0 aromatic rings. The number of hydrogen-bond donors (Lipinski definition) is 6. The van der Waals surface area contributed by atoms with Crippen molar-refractivity contribution in [2.45, 2.75) is 185 Å². The highest BCUT2D eigenvalue weighted by Crippen LogP contribution is 2.47. The van der Waals surface area contributed by atoms with Crippen molar-refractivity contribution in [3.63, 3.8) is 0 Å². The minimum atomic E-state index is -5.14. The summed E-state index contributed by atoms with van der Waals surface area (Å²) in [5.74, 6) is -1.19. The molecule has 6 N–H and O–H groups in total. The molecule has 0 spiro atoms. The third-order valence-corrected chi connectivity index (χ3v) is 10.7. The molecule has 14 heteroatoms. The van der Waals surface area contributed by atoms with Gasteiger partial charge in [0.1, 0.15) is 43.2 Å². The van der Waals surface area contributed by atoms with E-state index >= 15 is 0 Å². The molecular formula is C47H77O13P. The van der Waals surface area contributed by atoms with E-state index in [1.165, 1.54) is 25.7 Å². The second kappa shape index (κ2) is 36.5. The SMILES string of the molecule is CC/C=C/C/C=C/C/C=C/C/C=C/C/C=C/CCCC(=O)OC[C@@H](COP(=O)(O)OC1C(O)C(O)C(O)[C@H](O)C1O)OC(=O)CCCCCCC/C=C/C=C/CCCCCC. The number of hydrogen-bond acceptors (Lipinski definition) is 12. The molecule has 13 nitrogen and oxygen atoms in total. The van der Waals surface area contributed by atoms with E-state index in [4.69, 9.17) is 18.5 Å². The number of carbonyl (C=O) groups is 2. The molecule has 0 aromatic heterocycles. The van der Waals surface area contributed by atoms with Gasteiger partial charge in [-0.15, -0.1) is 0 Å². The van der Waals surface area contributed by atoms with Crippen LogP contribution < -0.4 is 0 Å². The third-order valence-electron chi connectivity index (χ3n) is 9.75. The van der Waals surface area contributed by atoms with E-state index < -0.39 is 75.7 Å². The number of allylic oxidation sites excluding steroid dienone is 14. The molecule has 0 amide bonds. The monoisotopic (exact) mass is 881 g/mol. The number of rotatable bonds is 35. The largest absolute Gasteiger partial charge is 0.472 e. The summed E-state index contributed by atoms with van der Waals surface area (Å²) < 4.78 is 33.4. The Bertz CT molecular complexity index is 1390. The lowest BCUT2D eigenvalue weighted by molar-refractivity contribution is -0.220. The molecule has 6 unspecified atom stereocenters. The van der Waals surface area contributed by atoms with Crippen LogP contribution in [0.25, 0.3) is 0 Å². The van der Waals surface area contributed by atoms with Gasteiger partial charge in [0.25, 0.3) is 0 Å². The first-order valence-electron chi connectivity index (χ1n) is 22.4. The lowest BCUT2D eigenvalue weighted by Crippen LogP contribution is -2.64. The van der Waals surface area contributed by atoms with E-state index in [9.17, 15) is 44.6 Å². The highest BCUT2D eigenvalue weighted by molar-refractivity contribution is 7.47. The predicted octanol–water partition coefficient (Wildman–Crippen LogP) is 8.50. The lowest BCUT2D eigenvalue weighted by atomic mass is 9.85. The number of phosphoric acid groups is 1. The van der Waals surface area contributed by atoms with Gasteiger partial charge in [-0.3, -0.25) is 18.6 Å². The summed E-state index contributed by atoms with van der Waals surface area (Å²) in [6, 6.07) is 0. The molecule has 0 aromatic carbocycles. The van der Waals surface area contributed by atoms with Crippen LogP contribution in [0, 0.1) is 0 Å². The van der Waals surface area contributed by atoms with Crippen LogP contribution in [-0.2, 0) is 32.7 Å². The standard InChI is InChI=1S/C47H77O13P/c1-3-5-7-9-11-13-15-17-19-20-22-23-25-27-29-31-33-35-40(48)57-37-39(38-58-61(55,56)60-47-45(53)43(51)42(50)44(52)46(47)54)59-41(49)36-34-32-30-28-26-24-21-18-16-14-12-10-8-6-4-2/h5,7,11,13-14,16-19,21-23,27,29,39,42-47,50-54H,3-4,6,8-10,12,15,20,24-26,28,30-38H2,1-2H3,(H,55,56)/b7-5+,13-11+,16-14+,19-17+,21-18+,23-22+,29-27+/t39-,42?,43-,44?,45?,46?,47?/m0/s1. The predicted molar refractivity (Wildman–Crippen MR) is 239 cm³/mol. The van der Waals surface area contributed by atoms with E-state index in [2.05, 4.69) is 86.8 Å². The maximum absolute atomic E-state index is 12.8. The van der Waals surface area contributed by atoms with Gasteiger partial charge in [0.2, 0.25) is 0 Å². The maximum atomic E-state index is 12.8. The number of ether oxygens (including phenoxy) is 2. The van der Waals surface area contributed by atoms with Crippen LogP contribution in [-0.4, -0.2) is 98.3 Å². The Morgan fingerprint density at radius 3 is 1.56 bits per heavy atom. The Kier molecular flexibility index (Phi) is 33.5. The van der Waals surface area contributed by atoms with Crippen molar-refractivity contribution in [3.8, 4) is 0 Å². The molecule has 1 aliphatic rings. The van der Waals surface area contributed by atoms with Gasteiger partial charge in [0, 0.05) is 12.8 Å². The maximum Gasteiger partial charge on any atom is 0.472 e. The minimum Gasteiger partial charge on any atom is -0.462 e. The molecule has 1 fully saturated rings. The summed E-state index contributed by atoms with van der Waals surface area (Å²) in [5, 5.41) is 50.1. The fraction of sp³-hybridized carbons (Fsp3) is 0.660. The Morgan fingerprint density at radius 1 is 0.541 bits per heavy atom. The van der Waals surface area contributed by atoms with Gasteiger partial charge in [-0.05, 0) is 77.0 Å². The van der Waals surface area contributed by atoms with Crippen LogP contribution in [0.3, 0.4) is 0 Å². The zero-order valence-corrected chi connectivity index (χ0v) is 37.6. The Morgan fingerprint density at radius 2 is 1.00 bits per heavy atom. The Hall–Kier alpha value is -2.97. The van der Waals surface area contributed by atoms with E-state index in [1.807, 2.05) is 12.2 Å². The summed E-state index contributed by atoms with van der Waals surface area (Å²) in [7, 11) is -5.14. The molecule has 8 atom stereocenters. The molecule has 61 heavy (non-hydrogen) atoms. The van der Waals surface area contributed by atoms with Crippen molar-refractivity contribution in [3.05, 3.63) is 85.1 Å². The lowest BCUT2D eigenvalue weighted by Gasteiger charge is -2.41. The average molecular weight is 881 g/mol. The van der Waals surface area contributed by atoms with Gasteiger partial charge in [0.05, 0.1) is 6.61 Å². The number of esters is 2. The minimum absolute atomic E-state index is 0.0620. The molecule has 1 saturated carbocycles. The smallest absolute Gasteiger partial charge is 0.462 e. The van der Waals surface area contributed by atoms with Crippen molar-refractivity contribution >= 4 is 19.8 Å². The van der Waals surface area contributed by atoms with Gasteiger partial charge >= 0.3 is 19.8 Å².